The van der Waals surface area contributed by atoms with Crippen molar-refractivity contribution in [2.24, 2.45) is 0 Å². The molecular weight excluding hydrogens is 278 g/mol. The van der Waals surface area contributed by atoms with Gasteiger partial charge in [0.25, 0.3) is 0 Å². The number of carbonyl (C=O) groups excluding carboxylic acids is 1. The first-order valence-corrected chi connectivity index (χ1v) is 6.76. The van der Waals surface area contributed by atoms with E-state index in [0.29, 0.717) is 16.4 Å². The molecule has 1 atom stereocenters. The van der Waals surface area contributed by atoms with Crippen molar-refractivity contribution in [3.63, 3.8) is 0 Å². The molecule has 20 heavy (non-hydrogen) atoms. The summed E-state index contributed by atoms with van der Waals surface area (Å²) in [5, 5.41) is 12.5. The van der Waals surface area contributed by atoms with Gasteiger partial charge in [-0.05, 0) is 46.0 Å². The predicted octanol–water partition coefficient (Wildman–Crippen LogP) is 1.95. The molecule has 6 heteroatoms. The number of nitrogen functional groups attached to an aromatic ring is 1. The summed E-state index contributed by atoms with van der Waals surface area (Å²) >= 11 is 6.03. The van der Waals surface area contributed by atoms with Crippen molar-refractivity contribution in [2.75, 3.05) is 24.7 Å². The molecule has 112 valence electrons. The fourth-order valence-electron chi connectivity index (χ4n) is 1.68. The zero-order valence-electron chi connectivity index (χ0n) is 12.3. The minimum Gasteiger partial charge on any atom is -0.399 e. The van der Waals surface area contributed by atoms with Crippen LogP contribution in [0.25, 0.3) is 0 Å². The Bertz CT molecular complexity index is 491. The molecule has 0 bridgehead atoms. The Morgan fingerprint density at radius 2 is 2.15 bits per heavy atom. The third kappa shape index (κ3) is 3.85. The maximum atomic E-state index is 12.2. The largest absolute Gasteiger partial charge is 0.399 e. The van der Waals surface area contributed by atoms with Gasteiger partial charge in [-0.1, -0.05) is 11.6 Å². The van der Waals surface area contributed by atoms with Crippen molar-refractivity contribution in [2.45, 2.75) is 32.4 Å². The summed E-state index contributed by atoms with van der Waals surface area (Å²) in [6, 6.07) is 4.52. The van der Waals surface area contributed by atoms with Crippen LogP contribution in [0.15, 0.2) is 18.2 Å². The zero-order valence-corrected chi connectivity index (χ0v) is 13.0. The van der Waals surface area contributed by atoms with Crippen LogP contribution in [0, 0.1) is 0 Å². The molecule has 0 aromatic heterocycles. The highest BCUT2D eigenvalue weighted by molar-refractivity contribution is 6.34. The number of rotatable bonds is 5. The quantitative estimate of drug-likeness (QED) is 0.726. The zero-order chi connectivity index (χ0) is 15.5. The second-order valence-electron chi connectivity index (χ2n) is 5.49. The Morgan fingerprint density at radius 3 is 2.65 bits per heavy atom. The number of aliphatic hydroxyl groups is 1. The van der Waals surface area contributed by atoms with Crippen molar-refractivity contribution < 1.29 is 9.90 Å². The summed E-state index contributed by atoms with van der Waals surface area (Å²) < 4.78 is 0. The van der Waals surface area contributed by atoms with E-state index < -0.39 is 11.6 Å². The molecule has 1 rings (SSSR count). The molecule has 0 heterocycles. The van der Waals surface area contributed by atoms with Gasteiger partial charge in [0, 0.05) is 11.2 Å². The lowest BCUT2D eigenvalue weighted by atomic mass is 10.0. The molecule has 1 unspecified atom stereocenters. The fraction of sp³-hybridized carbons (Fsp3) is 0.500. The van der Waals surface area contributed by atoms with Crippen LogP contribution >= 0.6 is 11.6 Å². The van der Waals surface area contributed by atoms with Gasteiger partial charge < -0.3 is 16.2 Å². The molecule has 0 aliphatic rings. The summed E-state index contributed by atoms with van der Waals surface area (Å²) in [6.07, 6.45) is 0. The number of benzene rings is 1. The number of nitrogens with two attached hydrogens (primary N) is 1. The van der Waals surface area contributed by atoms with E-state index in [1.54, 1.807) is 32.2 Å². The summed E-state index contributed by atoms with van der Waals surface area (Å²) in [7, 11) is 1.80. The fourth-order valence-corrected chi connectivity index (χ4v) is 1.92. The summed E-state index contributed by atoms with van der Waals surface area (Å²) in [5.41, 5.74) is 6.19. The SMILES string of the molecule is CC(C(=O)Nc1ccc(N)cc1Cl)N(C)C(C)(C)CO. The van der Waals surface area contributed by atoms with Gasteiger partial charge in [0.15, 0.2) is 0 Å². The molecule has 0 radical (unpaired) electrons. The van der Waals surface area contributed by atoms with Crippen molar-refractivity contribution in [1.29, 1.82) is 0 Å². The standard InChI is InChI=1S/C14H22ClN3O2/c1-9(18(4)14(2,3)8-19)13(20)17-12-6-5-10(16)7-11(12)15/h5-7,9,19H,8,16H2,1-4H3,(H,17,20). The van der Waals surface area contributed by atoms with Crippen molar-refractivity contribution in [1.82, 2.24) is 4.90 Å². The topological polar surface area (TPSA) is 78.6 Å². The Balaban J connectivity index is 2.80. The normalized spacial score (nSPS) is 13.3. The van der Waals surface area contributed by atoms with Gasteiger partial charge in [-0.2, -0.15) is 0 Å². The molecule has 0 aliphatic heterocycles. The van der Waals surface area contributed by atoms with E-state index in [1.165, 1.54) is 0 Å². The first-order chi connectivity index (χ1) is 9.19. The Kier molecular flexibility index (Phi) is 5.39. The van der Waals surface area contributed by atoms with E-state index in [-0.39, 0.29) is 12.5 Å². The maximum absolute atomic E-state index is 12.2. The molecule has 1 amide bonds. The molecule has 5 nitrogen and oxygen atoms in total. The lowest BCUT2D eigenvalue weighted by Crippen LogP contribution is -2.52. The lowest BCUT2D eigenvalue weighted by molar-refractivity contribution is -0.122. The van der Waals surface area contributed by atoms with Crippen LogP contribution in [0.4, 0.5) is 11.4 Å². The number of aliphatic hydroxyl groups excluding tert-OH is 1. The number of nitrogens with zero attached hydrogens (tertiary/aromatic N) is 1. The van der Waals surface area contributed by atoms with Gasteiger partial charge in [-0.3, -0.25) is 9.69 Å². The van der Waals surface area contributed by atoms with Crippen LogP contribution in [0.5, 0.6) is 0 Å². The molecule has 0 fully saturated rings. The van der Waals surface area contributed by atoms with Gasteiger partial charge in [-0.25, -0.2) is 0 Å². The van der Waals surface area contributed by atoms with E-state index in [9.17, 15) is 9.90 Å². The summed E-state index contributed by atoms with van der Waals surface area (Å²) in [5.74, 6) is -0.194. The summed E-state index contributed by atoms with van der Waals surface area (Å²) in [4.78, 5) is 14.0. The monoisotopic (exact) mass is 299 g/mol. The average molecular weight is 300 g/mol. The van der Waals surface area contributed by atoms with E-state index in [0.717, 1.165) is 0 Å². The van der Waals surface area contributed by atoms with Gasteiger partial charge in [0.1, 0.15) is 0 Å². The molecule has 1 aromatic rings. The maximum Gasteiger partial charge on any atom is 0.241 e. The van der Waals surface area contributed by atoms with Crippen LogP contribution in [0.3, 0.4) is 0 Å². The number of nitrogens with one attached hydrogen (secondary N) is 1. The van der Waals surface area contributed by atoms with E-state index in [2.05, 4.69) is 5.32 Å². The molecule has 0 saturated heterocycles. The number of likely N-dealkylation sites (N-methyl/N-ethyl adjacent to an activating group) is 1. The van der Waals surface area contributed by atoms with Gasteiger partial charge in [-0.15, -0.1) is 0 Å². The van der Waals surface area contributed by atoms with E-state index in [4.69, 9.17) is 17.3 Å². The molecule has 4 N–H and O–H groups in total. The minimum atomic E-state index is -0.484. The van der Waals surface area contributed by atoms with E-state index in [1.807, 2.05) is 18.7 Å². The molecule has 0 aliphatic carbocycles. The first-order valence-electron chi connectivity index (χ1n) is 6.38. The Labute approximate surface area is 124 Å². The third-order valence-corrected chi connectivity index (χ3v) is 3.87. The van der Waals surface area contributed by atoms with Crippen molar-refractivity contribution >= 4 is 28.9 Å². The number of hydrogen-bond donors (Lipinski definition) is 3. The lowest BCUT2D eigenvalue weighted by Gasteiger charge is -2.37. The van der Waals surface area contributed by atoms with Crippen LogP contribution in [0.2, 0.25) is 5.02 Å². The van der Waals surface area contributed by atoms with Crippen LogP contribution in [-0.4, -0.2) is 41.1 Å². The number of anilines is 2. The third-order valence-electron chi connectivity index (χ3n) is 3.55. The van der Waals surface area contributed by atoms with Crippen molar-refractivity contribution in [3.05, 3.63) is 23.2 Å². The van der Waals surface area contributed by atoms with Gasteiger partial charge in [0.05, 0.1) is 23.4 Å². The van der Waals surface area contributed by atoms with Crippen LogP contribution < -0.4 is 11.1 Å². The number of hydrogen-bond acceptors (Lipinski definition) is 4. The smallest absolute Gasteiger partial charge is 0.241 e. The molecule has 1 aromatic carbocycles. The van der Waals surface area contributed by atoms with Crippen LogP contribution in [-0.2, 0) is 4.79 Å². The Hall–Kier alpha value is -1.30. The predicted molar refractivity (Wildman–Crippen MR) is 82.9 cm³/mol. The first kappa shape index (κ1) is 16.8. The van der Waals surface area contributed by atoms with Crippen molar-refractivity contribution in [3.8, 4) is 0 Å². The summed E-state index contributed by atoms with van der Waals surface area (Å²) in [6.45, 7) is 5.47. The minimum absolute atomic E-state index is 0.0379. The number of amides is 1. The molecule has 0 saturated carbocycles. The number of halogens is 1. The second-order valence-corrected chi connectivity index (χ2v) is 5.89. The molecular formula is C14H22ClN3O2. The van der Waals surface area contributed by atoms with Gasteiger partial charge >= 0.3 is 0 Å². The number of carbonyl (C=O) groups is 1. The van der Waals surface area contributed by atoms with E-state index >= 15 is 0 Å². The second kappa shape index (κ2) is 6.43. The highest BCUT2D eigenvalue weighted by Crippen LogP contribution is 2.25. The Morgan fingerprint density at radius 1 is 1.55 bits per heavy atom. The van der Waals surface area contributed by atoms with Crippen LogP contribution in [0.1, 0.15) is 20.8 Å². The highest BCUT2D eigenvalue weighted by Gasteiger charge is 2.30. The highest BCUT2D eigenvalue weighted by atomic mass is 35.5. The average Bonchev–Trinajstić information content (AvgIpc) is 2.40. The molecule has 0 spiro atoms. The van der Waals surface area contributed by atoms with Gasteiger partial charge in [0.2, 0.25) is 5.91 Å².